The monoisotopic (exact) mass is 252 g/mol. The number of rotatable bonds is 1. The Morgan fingerprint density at radius 2 is 2.44 bits per heavy atom. The first-order chi connectivity index (χ1) is 7.83. The fraction of sp³-hybridized carbons (Fsp3) is 0.417. The van der Waals surface area contributed by atoms with Crippen LogP contribution in [0.4, 0.5) is 0 Å². The number of aromatic nitrogens is 2. The van der Waals surface area contributed by atoms with E-state index in [-0.39, 0.29) is 0 Å². The van der Waals surface area contributed by atoms with Gasteiger partial charge in [0.25, 0.3) is 0 Å². The SMILES string of the molecule is Clc1ccn2cc(C3CCCSC3)nc2c1. The molecule has 1 aliphatic rings. The van der Waals surface area contributed by atoms with Gasteiger partial charge in [0.1, 0.15) is 5.65 Å². The predicted octanol–water partition coefficient (Wildman–Crippen LogP) is 3.60. The molecule has 0 bridgehead atoms. The quantitative estimate of drug-likeness (QED) is 0.772. The predicted molar refractivity (Wildman–Crippen MR) is 69.5 cm³/mol. The molecular formula is C12H13ClN2S. The summed E-state index contributed by atoms with van der Waals surface area (Å²) < 4.78 is 2.06. The second-order valence-corrected chi connectivity index (χ2v) is 5.78. The first-order valence-electron chi connectivity index (χ1n) is 5.55. The number of imidazole rings is 1. The number of pyridine rings is 1. The first kappa shape index (κ1) is 10.5. The van der Waals surface area contributed by atoms with Crippen molar-refractivity contribution in [2.45, 2.75) is 18.8 Å². The van der Waals surface area contributed by atoms with E-state index in [2.05, 4.69) is 15.6 Å². The molecule has 1 aliphatic heterocycles. The molecule has 1 fully saturated rings. The largest absolute Gasteiger partial charge is 0.307 e. The van der Waals surface area contributed by atoms with Crippen LogP contribution in [0, 0.1) is 0 Å². The van der Waals surface area contributed by atoms with Gasteiger partial charge in [-0.05, 0) is 30.7 Å². The van der Waals surface area contributed by atoms with E-state index in [0.29, 0.717) is 5.92 Å². The number of nitrogens with zero attached hydrogens (tertiary/aromatic N) is 2. The summed E-state index contributed by atoms with van der Waals surface area (Å²) in [6.07, 6.45) is 6.70. The van der Waals surface area contributed by atoms with Crippen LogP contribution < -0.4 is 0 Å². The maximum atomic E-state index is 5.96. The van der Waals surface area contributed by atoms with E-state index >= 15 is 0 Å². The Hall–Kier alpha value is -0.670. The summed E-state index contributed by atoms with van der Waals surface area (Å²) in [5.74, 6) is 3.13. The third-order valence-electron chi connectivity index (χ3n) is 3.02. The van der Waals surface area contributed by atoms with Gasteiger partial charge < -0.3 is 4.40 Å². The molecule has 1 atom stereocenters. The van der Waals surface area contributed by atoms with Crippen molar-refractivity contribution in [1.29, 1.82) is 0 Å². The van der Waals surface area contributed by atoms with Crippen LogP contribution in [0.1, 0.15) is 24.5 Å². The number of thioether (sulfide) groups is 1. The maximum absolute atomic E-state index is 5.96. The van der Waals surface area contributed by atoms with E-state index in [9.17, 15) is 0 Å². The summed E-state index contributed by atoms with van der Waals surface area (Å²) in [5, 5.41) is 0.752. The van der Waals surface area contributed by atoms with Gasteiger partial charge in [0.05, 0.1) is 5.69 Å². The number of hydrogen-bond acceptors (Lipinski definition) is 2. The van der Waals surface area contributed by atoms with E-state index in [1.54, 1.807) is 0 Å². The first-order valence-corrected chi connectivity index (χ1v) is 7.08. The van der Waals surface area contributed by atoms with Crippen molar-refractivity contribution in [1.82, 2.24) is 9.38 Å². The van der Waals surface area contributed by atoms with Gasteiger partial charge in [-0.2, -0.15) is 11.8 Å². The lowest BCUT2D eigenvalue weighted by atomic mass is 10.0. The normalized spacial score (nSPS) is 21.4. The maximum Gasteiger partial charge on any atom is 0.138 e. The molecular weight excluding hydrogens is 240 g/mol. The van der Waals surface area contributed by atoms with E-state index in [4.69, 9.17) is 11.6 Å². The Balaban J connectivity index is 1.97. The van der Waals surface area contributed by atoms with Gasteiger partial charge in [-0.25, -0.2) is 4.98 Å². The molecule has 2 aromatic heterocycles. The van der Waals surface area contributed by atoms with E-state index < -0.39 is 0 Å². The molecule has 0 saturated carbocycles. The fourth-order valence-corrected chi connectivity index (χ4v) is 3.46. The summed E-state index contributed by atoms with van der Waals surface area (Å²) >= 11 is 7.99. The molecule has 0 aromatic carbocycles. The molecule has 0 aliphatic carbocycles. The minimum absolute atomic E-state index is 0.623. The number of hydrogen-bond donors (Lipinski definition) is 0. The molecule has 3 heterocycles. The van der Waals surface area contributed by atoms with Gasteiger partial charge >= 0.3 is 0 Å². The van der Waals surface area contributed by atoms with Crippen molar-refractivity contribution in [3.63, 3.8) is 0 Å². The van der Waals surface area contributed by atoms with Crippen LogP contribution in [0.5, 0.6) is 0 Å². The molecule has 3 rings (SSSR count). The third-order valence-corrected chi connectivity index (χ3v) is 4.47. The van der Waals surface area contributed by atoms with E-state index in [1.807, 2.05) is 30.1 Å². The van der Waals surface area contributed by atoms with Crippen molar-refractivity contribution >= 4 is 29.0 Å². The van der Waals surface area contributed by atoms with Crippen molar-refractivity contribution in [2.24, 2.45) is 0 Å². The highest BCUT2D eigenvalue weighted by Crippen LogP contribution is 2.30. The zero-order valence-corrected chi connectivity index (χ0v) is 10.5. The van der Waals surface area contributed by atoms with Crippen LogP contribution in [0.15, 0.2) is 24.5 Å². The van der Waals surface area contributed by atoms with Crippen LogP contribution in [0.3, 0.4) is 0 Å². The average molecular weight is 253 g/mol. The summed E-state index contributed by atoms with van der Waals surface area (Å²) in [6, 6.07) is 3.82. The van der Waals surface area contributed by atoms with Gasteiger partial charge in [-0.3, -0.25) is 0 Å². The Morgan fingerprint density at radius 3 is 3.25 bits per heavy atom. The van der Waals surface area contributed by atoms with Crippen LogP contribution in [-0.2, 0) is 0 Å². The molecule has 1 saturated heterocycles. The van der Waals surface area contributed by atoms with E-state index in [0.717, 1.165) is 10.7 Å². The Labute approximate surface area is 104 Å². The summed E-state index contributed by atoms with van der Waals surface area (Å²) in [5.41, 5.74) is 2.17. The van der Waals surface area contributed by atoms with Crippen LogP contribution in [0.2, 0.25) is 5.02 Å². The highest BCUT2D eigenvalue weighted by molar-refractivity contribution is 7.99. The Kier molecular flexibility index (Phi) is 2.82. The zero-order valence-electron chi connectivity index (χ0n) is 8.90. The lowest BCUT2D eigenvalue weighted by Gasteiger charge is -2.18. The van der Waals surface area contributed by atoms with Crippen molar-refractivity contribution in [3.05, 3.63) is 35.2 Å². The lowest BCUT2D eigenvalue weighted by molar-refractivity contribution is 0.647. The van der Waals surface area contributed by atoms with Crippen LogP contribution in [0.25, 0.3) is 5.65 Å². The third kappa shape index (κ3) is 1.94. The smallest absolute Gasteiger partial charge is 0.138 e. The summed E-state index contributed by atoms with van der Waals surface area (Å²) in [6.45, 7) is 0. The molecule has 0 amide bonds. The van der Waals surface area contributed by atoms with Gasteiger partial charge in [-0.15, -0.1) is 0 Å². The molecule has 0 N–H and O–H groups in total. The average Bonchev–Trinajstić information content (AvgIpc) is 2.73. The lowest BCUT2D eigenvalue weighted by Crippen LogP contribution is -2.08. The second kappa shape index (κ2) is 4.30. The molecule has 0 spiro atoms. The molecule has 16 heavy (non-hydrogen) atoms. The molecule has 0 radical (unpaired) electrons. The van der Waals surface area contributed by atoms with Gasteiger partial charge in [0.15, 0.2) is 0 Å². The second-order valence-electron chi connectivity index (χ2n) is 4.19. The minimum Gasteiger partial charge on any atom is -0.307 e. The standard InChI is InChI=1S/C12H13ClN2S/c13-10-3-4-15-7-11(14-12(15)6-10)9-2-1-5-16-8-9/h3-4,6-7,9H,1-2,5,8H2. The van der Waals surface area contributed by atoms with Crippen molar-refractivity contribution in [2.75, 3.05) is 11.5 Å². The highest BCUT2D eigenvalue weighted by atomic mass is 35.5. The number of fused-ring (bicyclic) bond motifs is 1. The molecule has 2 aromatic rings. The van der Waals surface area contributed by atoms with Crippen molar-refractivity contribution in [3.8, 4) is 0 Å². The summed E-state index contributed by atoms with van der Waals surface area (Å²) in [4.78, 5) is 4.66. The topological polar surface area (TPSA) is 17.3 Å². The molecule has 1 unspecified atom stereocenters. The highest BCUT2D eigenvalue weighted by Gasteiger charge is 2.18. The number of halogens is 1. The minimum atomic E-state index is 0.623. The Bertz CT molecular complexity index is 503. The van der Waals surface area contributed by atoms with Crippen molar-refractivity contribution < 1.29 is 0 Å². The van der Waals surface area contributed by atoms with Crippen LogP contribution >= 0.6 is 23.4 Å². The van der Waals surface area contributed by atoms with Gasteiger partial charge in [0, 0.05) is 29.1 Å². The summed E-state index contributed by atoms with van der Waals surface area (Å²) in [7, 11) is 0. The Morgan fingerprint density at radius 1 is 1.50 bits per heavy atom. The molecule has 4 heteroatoms. The van der Waals surface area contributed by atoms with E-state index in [1.165, 1.54) is 30.0 Å². The van der Waals surface area contributed by atoms with Crippen LogP contribution in [-0.4, -0.2) is 20.9 Å². The zero-order chi connectivity index (χ0) is 11.0. The molecule has 2 nitrogen and oxygen atoms in total. The molecule has 84 valence electrons. The van der Waals surface area contributed by atoms with Gasteiger partial charge in [-0.1, -0.05) is 11.6 Å². The fourth-order valence-electron chi connectivity index (χ4n) is 2.15. The van der Waals surface area contributed by atoms with Gasteiger partial charge in [0.2, 0.25) is 0 Å².